The first-order valence-electron chi connectivity index (χ1n) is 6.70. The normalized spacial score (nSPS) is 13.6. The zero-order chi connectivity index (χ0) is 15.4. The van der Waals surface area contributed by atoms with E-state index in [1.807, 2.05) is 0 Å². The van der Waals surface area contributed by atoms with Crippen molar-refractivity contribution >= 4 is 23.1 Å². The Hall–Kier alpha value is -2.44. The van der Waals surface area contributed by atoms with E-state index >= 15 is 0 Å². The molecule has 0 unspecified atom stereocenters. The van der Waals surface area contributed by atoms with Gasteiger partial charge in [0.25, 0.3) is 11.6 Å². The highest BCUT2D eigenvalue weighted by molar-refractivity contribution is 5.98. The third-order valence-electron chi connectivity index (χ3n) is 3.26. The summed E-state index contributed by atoms with van der Waals surface area (Å²) in [5, 5.41) is 10.8. The quantitative estimate of drug-likeness (QED) is 0.455. The number of carbonyl (C=O) groups is 2. The molecular formula is C14H16N2O5. The van der Waals surface area contributed by atoms with E-state index in [1.165, 1.54) is 30.0 Å². The van der Waals surface area contributed by atoms with Crippen molar-refractivity contribution in [3.05, 3.63) is 28.3 Å². The Morgan fingerprint density at radius 3 is 2.86 bits per heavy atom. The van der Waals surface area contributed by atoms with Crippen LogP contribution in [-0.4, -0.2) is 29.8 Å². The minimum atomic E-state index is -0.507. The first-order valence-corrected chi connectivity index (χ1v) is 6.70. The molecule has 0 bridgehead atoms. The van der Waals surface area contributed by atoms with Crippen molar-refractivity contribution in [1.82, 2.24) is 0 Å². The molecule has 1 aromatic carbocycles. The van der Waals surface area contributed by atoms with E-state index in [4.69, 9.17) is 4.74 Å². The van der Waals surface area contributed by atoms with Crippen LogP contribution in [0.15, 0.2) is 18.2 Å². The largest absolute Gasteiger partial charge is 0.482 e. The number of unbranched alkanes of at least 4 members (excludes halogenated alkanes) is 1. The molecule has 112 valence electrons. The number of anilines is 1. The number of carbonyl (C=O) groups excluding carboxylic acids is 2. The average Bonchev–Trinajstić information content (AvgIpc) is 2.44. The molecular weight excluding hydrogens is 276 g/mol. The Balaban J connectivity index is 2.14. The van der Waals surface area contributed by atoms with Gasteiger partial charge in [0.15, 0.2) is 6.61 Å². The van der Waals surface area contributed by atoms with Crippen molar-refractivity contribution in [2.75, 3.05) is 18.1 Å². The summed E-state index contributed by atoms with van der Waals surface area (Å²) in [5.74, 6) is 0.344. The molecule has 0 saturated heterocycles. The lowest BCUT2D eigenvalue weighted by atomic mass is 10.1. The van der Waals surface area contributed by atoms with E-state index < -0.39 is 4.92 Å². The molecule has 2 rings (SSSR count). The summed E-state index contributed by atoms with van der Waals surface area (Å²) in [4.78, 5) is 34.7. The lowest BCUT2D eigenvalue weighted by molar-refractivity contribution is -0.384. The summed E-state index contributed by atoms with van der Waals surface area (Å²) in [7, 11) is 0. The van der Waals surface area contributed by atoms with E-state index in [0.717, 1.165) is 0 Å². The lowest BCUT2D eigenvalue weighted by Crippen LogP contribution is -2.39. The number of rotatable bonds is 6. The summed E-state index contributed by atoms with van der Waals surface area (Å²) in [6.45, 7) is 1.87. The summed E-state index contributed by atoms with van der Waals surface area (Å²) in [5.41, 5.74) is 0.337. The van der Waals surface area contributed by atoms with Gasteiger partial charge >= 0.3 is 0 Å². The fourth-order valence-electron chi connectivity index (χ4n) is 2.19. The number of nitro groups is 1. The van der Waals surface area contributed by atoms with Crippen molar-refractivity contribution in [1.29, 1.82) is 0 Å². The minimum absolute atomic E-state index is 0.0719. The van der Waals surface area contributed by atoms with Gasteiger partial charge in [-0.2, -0.15) is 0 Å². The standard InChI is InChI=1S/C14H16N2O5/c1-10(17)4-2-3-7-15-12-8-11(16(19)20)5-6-13(12)21-9-14(15)18/h5-6,8H,2-4,7,9H2,1H3. The highest BCUT2D eigenvalue weighted by Crippen LogP contribution is 2.35. The molecule has 1 aliphatic rings. The van der Waals surface area contributed by atoms with Crippen LogP contribution < -0.4 is 9.64 Å². The topological polar surface area (TPSA) is 89.8 Å². The molecule has 7 nitrogen and oxygen atoms in total. The zero-order valence-corrected chi connectivity index (χ0v) is 11.7. The number of hydrogen-bond acceptors (Lipinski definition) is 5. The first kappa shape index (κ1) is 15.0. The summed E-state index contributed by atoms with van der Waals surface area (Å²) in [6.07, 6.45) is 1.82. The van der Waals surface area contributed by atoms with E-state index in [9.17, 15) is 19.7 Å². The van der Waals surface area contributed by atoms with Crippen LogP contribution in [0.2, 0.25) is 0 Å². The van der Waals surface area contributed by atoms with Gasteiger partial charge in [-0.1, -0.05) is 0 Å². The number of nitro benzene ring substituents is 1. The molecule has 0 fully saturated rings. The van der Waals surface area contributed by atoms with Gasteiger partial charge in [-0.25, -0.2) is 0 Å². The third-order valence-corrected chi connectivity index (χ3v) is 3.26. The Labute approximate surface area is 121 Å². The number of benzene rings is 1. The highest BCUT2D eigenvalue weighted by atomic mass is 16.6. The second kappa shape index (κ2) is 6.34. The third kappa shape index (κ3) is 3.56. The van der Waals surface area contributed by atoms with Crippen LogP contribution in [-0.2, 0) is 9.59 Å². The average molecular weight is 292 g/mol. The van der Waals surface area contributed by atoms with E-state index in [0.29, 0.717) is 37.2 Å². The summed E-state index contributed by atoms with van der Waals surface area (Å²) < 4.78 is 5.28. The number of amides is 1. The highest BCUT2D eigenvalue weighted by Gasteiger charge is 2.27. The van der Waals surface area contributed by atoms with Crippen molar-refractivity contribution in [3.63, 3.8) is 0 Å². The molecule has 0 aromatic heterocycles. The number of hydrogen-bond donors (Lipinski definition) is 0. The zero-order valence-electron chi connectivity index (χ0n) is 11.7. The van der Waals surface area contributed by atoms with Crippen molar-refractivity contribution < 1.29 is 19.2 Å². The molecule has 0 aliphatic carbocycles. The van der Waals surface area contributed by atoms with Gasteiger partial charge in [0.2, 0.25) is 0 Å². The number of fused-ring (bicyclic) bond motifs is 1. The Bertz CT molecular complexity index is 585. The smallest absolute Gasteiger partial charge is 0.271 e. The maximum atomic E-state index is 11.9. The molecule has 0 atom stereocenters. The molecule has 1 amide bonds. The van der Waals surface area contributed by atoms with Gasteiger partial charge in [0, 0.05) is 25.1 Å². The molecule has 1 heterocycles. The van der Waals surface area contributed by atoms with Gasteiger partial charge < -0.3 is 14.4 Å². The Morgan fingerprint density at radius 1 is 1.43 bits per heavy atom. The molecule has 0 N–H and O–H groups in total. The SMILES string of the molecule is CC(=O)CCCCN1C(=O)COc2ccc([N+](=O)[O-])cc21. The van der Waals surface area contributed by atoms with E-state index in [2.05, 4.69) is 0 Å². The van der Waals surface area contributed by atoms with Crippen LogP contribution in [0.25, 0.3) is 0 Å². The molecule has 1 aromatic rings. The van der Waals surface area contributed by atoms with Gasteiger partial charge in [-0.05, 0) is 25.8 Å². The number of Topliss-reactive ketones (excluding diaryl/α,β-unsaturated/α-hetero) is 1. The number of nitrogens with zero attached hydrogens (tertiary/aromatic N) is 2. The molecule has 0 radical (unpaired) electrons. The Morgan fingerprint density at radius 2 is 2.19 bits per heavy atom. The van der Waals surface area contributed by atoms with E-state index in [-0.39, 0.29) is 24.0 Å². The fourth-order valence-corrected chi connectivity index (χ4v) is 2.19. The van der Waals surface area contributed by atoms with Crippen LogP contribution >= 0.6 is 0 Å². The van der Waals surface area contributed by atoms with Crippen molar-refractivity contribution in [3.8, 4) is 5.75 Å². The Kier molecular flexibility index (Phi) is 4.52. The second-order valence-corrected chi connectivity index (χ2v) is 4.90. The van der Waals surface area contributed by atoms with E-state index in [1.54, 1.807) is 0 Å². The summed E-state index contributed by atoms with van der Waals surface area (Å²) >= 11 is 0. The number of non-ortho nitro benzene ring substituents is 1. The predicted molar refractivity (Wildman–Crippen MR) is 75.5 cm³/mol. The predicted octanol–water partition coefficient (Wildman–Crippen LogP) is 2.08. The fraction of sp³-hybridized carbons (Fsp3) is 0.429. The van der Waals surface area contributed by atoms with Crippen LogP contribution in [0, 0.1) is 10.1 Å². The van der Waals surface area contributed by atoms with Gasteiger partial charge in [0.1, 0.15) is 11.5 Å². The van der Waals surface area contributed by atoms with Gasteiger partial charge in [-0.3, -0.25) is 14.9 Å². The van der Waals surface area contributed by atoms with Crippen LogP contribution in [0.4, 0.5) is 11.4 Å². The van der Waals surface area contributed by atoms with Gasteiger partial charge in [0.05, 0.1) is 10.6 Å². The number of ketones is 1. The second-order valence-electron chi connectivity index (χ2n) is 4.90. The molecule has 7 heteroatoms. The number of ether oxygens (including phenoxy) is 1. The molecule has 21 heavy (non-hydrogen) atoms. The van der Waals surface area contributed by atoms with Crippen LogP contribution in [0.3, 0.4) is 0 Å². The molecule has 0 saturated carbocycles. The summed E-state index contributed by atoms with van der Waals surface area (Å²) in [6, 6.07) is 4.20. The molecule has 1 aliphatic heterocycles. The maximum Gasteiger partial charge on any atom is 0.271 e. The maximum absolute atomic E-state index is 11.9. The first-order chi connectivity index (χ1) is 9.99. The minimum Gasteiger partial charge on any atom is -0.482 e. The van der Waals surface area contributed by atoms with Crippen molar-refractivity contribution in [2.45, 2.75) is 26.2 Å². The van der Waals surface area contributed by atoms with Crippen molar-refractivity contribution in [2.24, 2.45) is 0 Å². The van der Waals surface area contributed by atoms with Gasteiger partial charge in [-0.15, -0.1) is 0 Å². The van der Waals surface area contributed by atoms with Crippen LogP contribution in [0.5, 0.6) is 5.75 Å². The monoisotopic (exact) mass is 292 g/mol. The van der Waals surface area contributed by atoms with Crippen LogP contribution in [0.1, 0.15) is 26.2 Å². The molecule has 0 spiro atoms. The lowest BCUT2D eigenvalue weighted by Gasteiger charge is -2.29.